The van der Waals surface area contributed by atoms with Gasteiger partial charge in [0.1, 0.15) is 5.82 Å². The Hall–Kier alpha value is -2.50. The molecule has 0 bridgehead atoms. The molecule has 1 aliphatic carbocycles. The second kappa shape index (κ2) is 10.2. The highest BCUT2D eigenvalue weighted by atomic mass is 16.2. The zero-order valence-electron chi connectivity index (χ0n) is 20.0. The molecule has 1 amide bonds. The molecule has 176 valence electrons. The van der Waals surface area contributed by atoms with Gasteiger partial charge in [-0.05, 0) is 64.0 Å². The van der Waals surface area contributed by atoms with Gasteiger partial charge in [0.25, 0.3) is 0 Å². The van der Waals surface area contributed by atoms with E-state index in [1.165, 1.54) is 24.8 Å². The lowest BCUT2D eigenvalue weighted by atomic mass is 9.87. The molecule has 6 nitrogen and oxygen atoms in total. The molecule has 3 aliphatic rings. The lowest BCUT2D eigenvalue weighted by Crippen LogP contribution is -2.43. The molecule has 0 spiro atoms. The van der Waals surface area contributed by atoms with E-state index in [0.717, 1.165) is 94.0 Å². The van der Waals surface area contributed by atoms with Crippen LogP contribution in [0.3, 0.4) is 0 Å². The number of aryl methyl sites for hydroxylation is 1. The number of aromatic nitrogens is 3. The third kappa shape index (κ3) is 4.90. The van der Waals surface area contributed by atoms with Crippen molar-refractivity contribution in [1.29, 1.82) is 0 Å². The van der Waals surface area contributed by atoms with E-state index >= 15 is 0 Å². The van der Waals surface area contributed by atoms with E-state index in [0.29, 0.717) is 5.91 Å². The number of fused-ring (bicyclic) bond motifs is 1. The summed E-state index contributed by atoms with van der Waals surface area (Å²) in [4.78, 5) is 32.7. The number of piperidine rings is 1. The first-order valence-electron chi connectivity index (χ1n) is 13.0. The second-order valence-corrected chi connectivity index (χ2v) is 10.0. The standard InChI is InChI=1S/C27H37N5O/c1-20-23-13-9-17-31(19-15-22-12-5-7-16-28-22)26(23)30-25(29-20)24-14-6-8-18-32(24)27(33)21-10-3-2-4-11-21/h5,7,12,16,21,24H,2-4,6,8-11,13-15,17-19H2,1H3. The average Bonchev–Trinajstić information content (AvgIpc) is 2.88. The topological polar surface area (TPSA) is 62.2 Å². The lowest BCUT2D eigenvalue weighted by Gasteiger charge is -2.39. The van der Waals surface area contributed by atoms with Crippen molar-refractivity contribution in [2.24, 2.45) is 5.92 Å². The Balaban J connectivity index is 1.39. The molecule has 1 saturated heterocycles. The average molecular weight is 448 g/mol. The van der Waals surface area contributed by atoms with Gasteiger partial charge >= 0.3 is 0 Å². The summed E-state index contributed by atoms with van der Waals surface area (Å²) in [6.07, 6.45) is 13.9. The lowest BCUT2D eigenvalue weighted by molar-refractivity contribution is -0.140. The van der Waals surface area contributed by atoms with Gasteiger partial charge in [-0.1, -0.05) is 25.3 Å². The van der Waals surface area contributed by atoms with Crippen molar-refractivity contribution in [3.63, 3.8) is 0 Å². The highest BCUT2D eigenvalue weighted by Gasteiger charge is 2.35. The number of anilines is 1. The molecular formula is C27H37N5O. The van der Waals surface area contributed by atoms with Crippen LogP contribution in [-0.4, -0.2) is 45.4 Å². The summed E-state index contributed by atoms with van der Waals surface area (Å²) in [5, 5.41) is 0. The van der Waals surface area contributed by atoms with E-state index in [-0.39, 0.29) is 12.0 Å². The third-order valence-corrected chi connectivity index (χ3v) is 7.77. The Morgan fingerprint density at radius 1 is 1.00 bits per heavy atom. The summed E-state index contributed by atoms with van der Waals surface area (Å²) < 4.78 is 0. The minimum absolute atomic E-state index is 0.0248. The molecular weight excluding hydrogens is 410 g/mol. The summed E-state index contributed by atoms with van der Waals surface area (Å²) in [6.45, 7) is 4.91. The molecule has 6 heteroatoms. The molecule has 1 saturated carbocycles. The fourth-order valence-corrected chi connectivity index (χ4v) is 5.92. The van der Waals surface area contributed by atoms with Gasteiger partial charge in [-0.15, -0.1) is 0 Å². The highest BCUT2D eigenvalue weighted by molar-refractivity contribution is 5.79. The van der Waals surface area contributed by atoms with Crippen LogP contribution in [0.25, 0.3) is 0 Å². The summed E-state index contributed by atoms with van der Waals surface area (Å²) in [7, 11) is 0. The molecule has 4 heterocycles. The van der Waals surface area contributed by atoms with Crippen LogP contribution in [0, 0.1) is 12.8 Å². The molecule has 2 aromatic rings. The number of carbonyl (C=O) groups excluding carboxylic acids is 1. The van der Waals surface area contributed by atoms with Crippen molar-refractivity contribution >= 4 is 11.7 Å². The smallest absolute Gasteiger partial charge is 0.226 e. The quantitative estimate of drug-likeness (QED) is 0.658. The zero-order chi connectivity index (χ0) is 22.6. The Morgan fingerprint density at radius 2 is 1.85 bits per heavy atom. The summed E-state index contributed by atoms with van der Waals surface area (Å²) in [5.41, 5.74) is 3.49. The molecule has 0 aromatic carbocycles. The monoisotopic (exact) mass is 447 g/mol. The molecule has 2 fully saturated rings. The van der Waals surface area contributed by atoms with Crippen LogP contribution in [0.2, 0.25) is 0 Å². The number of likely N-dealkylation sites (tertiary alicyclic amines) is 1. The Morgan fingerprint density at radius 3 is 2.67 bits per heavy atom. The summed E-state index contributed by atoms with van der Waals surface area (Å²) in [5.74, 6) is 2.51. The number of pyridine rings is 1. The van der Waals surface area contributed by atoms with Crippen LogP contribution >= 0.6 is 0 Å². The molecule has 0 N–H and O–H groups in total. The van der Waals surface area contributed by atoms with Gasteiger partial charge in [0.15, 0.2) is 5.82 Å². The van der Waals surface area contributed by atoms with Crippen LogP contribution in [0.5, 0.6) is 0 Å². The van der Waals surface area contributed by atoms with Crippen LogP contribution in [-0.2, 0) is 17.6 Å². The molecule has 2 aliphatic heterocycles. The molecule has 0 radical (unpaired) electrons. The van der Waals surface area contributed by atoms with Crippen LogP contribution in [0.4, 0.5) is 5.82 Å². The van der Waals surface area contributed by atoms with Crippen molar-refractivity contribution in [3.8, 4) is 0 Å². The minimum atomic E-state index is 0.0248. The zero-order valence-corrected chi connectivity index (χ0v) is 20.0. The first-order chi connectivity index (χ1) is 16.2. The molecule has 2 aromatic heterocycles. The Kier molecular flexibility index (Phi) is 6.88. The third-order valence-electron chi connectivity index (χ3n) is 7.77. The van der Waals surface area contributed by atoms with E-state index in [4.69, 9.17) is 9.97 Å². The SMILES string of the molecule is Cc1nc(C2CCCCN2C(=O)C2CCCCC2)nc2c1CCCN2CCc1ccccn1. The number of rotatable bonds is 5. The molecule has 1 unspecified atom stereocenters. The maximum Gasteiger partial charge on any atom is 0.226 e. The predicted molar refractivity (Wildman–Crippen MR) is 130 cm³/mol. The van der Waals surface area contributed by atoms with Gasteiger partial charge in [-0.3, -0.25) is 9.78 Å². The normalized spacial score (nSPS) is 21.7. The van der Waals surface area contributed by atoms with Crippen LogP contribution in [0.15, 0.2) is 24.4 Å². The fourth-order valence-electron chi connectivity index (χ4n) is 5.92. The number of nitrogens with zero attached hydrogens (tertiary/aromatic N) is 5. The summed E-state index contributed by atoms with van der Waals surface area (Å²) >= 11 is 0. The van der Waals surface area contributed by atoms with E-state index in [9.17, 15) is 4.79 Å². The largest absolute Gasteiger partial charge is 0.356 e. The van der Waals surface area contributed by atoms with Crippen molar-refractivity contribution in [2.75, 3.05) is 24.5 Å². The number of amides is 1. The predicted octanol–water partition coefficient (Wildman–Crippen LogP) is 4.81. The number of hydrogen-bond donors (Lipinski definition) is 0. The summed E-state index contributed by atoms with van der Waals surface area (Å²) in [6, 6.07) is 6.14. The van der Waals surface area contributed by atoms with Crippen molar-refractivity contribution < 1.29 is 4.79 Å². The first kappa shape index (κ1) is 22.3. The van der Waals surface area contributed by atoms with E-state index in [2.05, 4.69) is 33.8 Å². The van der Waals surface area contributed by atoms with Gasteiger partial charge in [0, 0.05) is 55.1 Å². The maximum absolute atomic E-state index is 13.5. The Bertz CT molecular complexity index is 956. The maximum atomic E-state index is 13.5. The van der Waals surface area contributed by atoms with Crippen LogP contribution < -0.4 is 4.90 Å². The van der Waals surface area contributed by atoms with E-state index in [1.807, 2.05) is 12.3 Å². The number of hydrogen-bond acceptors (Lipinski definition) is 5. The van der Waals surface area contributed by atoms with Gasteiger partial charge in [0.2, 0.25) is 5.91 Å². The van der Waals surface area contributed by atoms with Crippen molar-refractivity contribution in [3.05, 3.63) is 47.2 Å². The van der Waals surface area contributed by atoms with E-state index in [1.54, 1.807) is 0 Å². The molecule has 1 atom stereocenters. The van der Waals surface area contributed by atoms with Crippen molar-refractivity contribution in [2.45, 2.75) is 83.6 Å². The second-order valence-electron chi connectivity index (χ2n) is 10.0. The van der Waals surface area contributed by atoms with E-state index < -0.39 is 0 Å². The van der Waals surface area contributed by atoms with Gasteiger partial charge in [-0.2, -0.15) is 0 Å². The molecule has 5 rings (SSSR count). The van der Waals surface area contributed by atoms with Crippen LogP contribution in [0.1, 0.15) is 86.6 Å². The Labute approximate surface area is 197 Å². The number of carbonyl (C=O) groups is 1. The first-order valence-corrected chi connectivity index (χ1v) is 13.0. The minimum Gasteiger partial charge on any atom is -0.356 e. The molecule has 33 heavy (non-hydrogen) atoms. The van der Waals surface area contributed by atoms with Gasteiger partial charge in [0.05, 0.1) is 6.04 Å². The highest BCUT2D eigenvalue weighted by Crippen LogP contribution is 2.36. The fraction of sp³-hybridized carbons (Fsp3) is 0.630. The van der Waals surface area contributed by atoms with Crippen molar-refractivity contribution in [1.82, 2.24) is 19.9 Å². The van der Waals surface area contributed by atoms with Gasteiger partial charge in [-0.25, -0.2) is 9.97 Å². The van der Waals surface area contributed by atoms with Gasteiger partial charge < -0.3 is 9.80 Å².